The third-order valence-electron chi connectivity index (χ3n) is 18.5. The van der Waals surface area contributed by atoms with Crippen LogP contribution in [0.4, 0.5) is 0 Å². The van der Waals surface area contributed by atoms with Crippen LogP contribution in [0.25, 0.3) is 0 Å². The van der Waals surface area contributed by atoms with Crippen LogP contribution >= 0.6 is 0 Å². The fourth-order valence-corrected chi connectivity index (χ4v) is 10.3. The van der Waals surface area contributed by atoms with Gasteiger partial charge in [0.05, 0.1) is 13.2 Å². The fourth-order valence-electron chi connectivity index (χ4n) is 10.3. The van der Waals surface area contributed by atoms with Gasteiger partial charge in [-0.3, -0.25) is 19.2 Å². The molecular formula is C135H171N3O7. The maximum Gasteiger partial charge on any atom is 0.223 e. The molecule has 3 N–H and O–H groups in total. The second-order valence-electron chi connectivity index (χ2n) is 48.3. The van der Waals surface area contributed by atoms with Crippen LogP contribution < -0.4 is 16.0 Å². The minimum Gasteiger partial charge on any atom is -0.381 e. The largest absolute Gasteiger partial charge is 0.381 e. The lowest BCUT2D eigenvalue weighted by atomic mass is 9.76. The molecule has 768 valence electrons. The van der Waals surface area contributed by atoms with Crippen LogP contribution in [0.2, 0.25) is 0 Å². The summed E-state index contributed by atoms with van der Waals surface area (Å²) in [5, 5.41) is 9.12. The van der Waals surface area contributed by atoms with Crippen LogP contribution in [0, 0.1) is 350 Å². The van der Waals surface area contributed by atoms with E-state index in [-0.39, 0.29) is 62.4 Å². The zero-order valence-corrected chi connectivity index (χ0v) is 95.7. The zero-order valence-electron chi connectivity index (χ0n) is 95.7. The van der Waals surface area contributed by atoms with E-state index in [2.05, 4.69) is 538 Å². The Hall–Kier alpha value is -13.7. The van der Waals surface area contributed by atoms with E-state index in [9.17, 15) is 19.2 Å². The molecule has 0 aromatic heterocycles. The summed E-state index contributed by atoms with van der Waals surface area (Å²) < 4.78 is 16.6. The van der Waals surface area contributed by atoms with E-state index in [0.29, 0.717) is 70.1 Å². The van der Waals surface area contributed by atoms with Gasteiger partial charge in [0.2, 0.25) is 17.7 Å². The topological polar surface area (TPSA) is 132 Å². The second-order valence-corrected chi connectivity index (χ2v) is 48.3. The van der Waals surface area contributed by atoms with Crippen LogP contribution in [0.3, 0.4) is 0 Å². The maximum absolute atomic E-state index is 12.7. The van der Waals surface area contributed by atoms with E-state index in [1.807, 2.05) is 48.5 Å². The number of amides is 3. The highest BCUT2D eigenvalue weighted by atomic mass is 16.5. The molecule has 2 atom stereocenters. The van der Waals surface area contributed by atoms with Crippen molar-refractivity contribution < 1.29 is 33.4 Å². The molecule has 0 fully saturated rings. The average molecular weight is 1950 g/mol. The van der Waals surface area contributed by atoms with Gasteiger partial charge in [0, 0.05) is 243 Å². The van der Waals surface area contributed by atoms with Crippen molar-refractivity contribution >= 4 is 23.5 Å². The minimum atomic E-state index is -0.294. The van der Waals surface area contributed by atoms with Gasteiger partial charge in [0.15, 0.2) is 0 Å². The quantitative estimate of drug-likeness (QED) is 0.0571. The van der Waals surface area contributed by atoms with Gasteiger partial charge in [-0.15, -0.1) is 12.8 Å². The Labute approximate surface area is 887 Å². The normalized spacial score (nSPS) is 10.4. The molecular weight excluding hydrogens is 1780 g/mol. The zero-order chi connectivity index (χ0) is 111. The van der Waals surface area contributed by atoms with E-state index in [1.165, 1.54) is 18.4 Å². The number of ether oxygens (including phenoxy) is 3. The highest BCUT2D eigenvalue weighted by molar-refractivity contribution is 5.87. The van der Waals surface area contributed by atoms with Gasteiger partial charge in [-0.2, -0.15) is 0 Å². The predicted molar refractivity (Wildman–Crippen MR) is 614 cm³/mol. The first-order valence-corrected chi connectivity index (χ1v) is 49.8. The average Bonchev–Trinajstić information content (AvgIpc) is 0.866. The summed E-state index contributed by atoms with van der Waals surface area (Å²) in [6, 6.07) is 20.2. The van der Waals surface area contributed by atoms with Crippen LogP contribution in [0.15, 0.2) is 60.7 Å². The lowest BCUT2D eigenvalue weighted by Gasteiger charge is -2.30. The lowest BCUT2D eigenvalue weighted by molar-refractivity contribution is -0.130. The maximum atomic E-state index is 12.7. The molecule has 0 aliphatic heterocycles. The molecule has 10 nitrogen and oxygen atoms in total. The van der Waals surface area contributed by atoms with Crippen molar-refractivity contribution in [1.82, 2.24) is 16.0 Å². The molecule has 0 aliphatic rings. The first-order valence-electron chi connectivity index (χ1n) is 49.8. The Kier molecular flexibility index (Phi) is 76.8. The minimum absolute atomic E-state index is 0.000122. The molecule has 0 saturated heterocycles. The van der Waals surface area contributed by atoms with Crippen LogP contribution in [-0.4, -0.2) is 82.8 Å². The highest BCUT2D eigenvalue weighted by Gasteiger charge is 2.32. The number of hydrogen-bond donors (Lipinski definition) is 3. The van der Waals surface area contributed by atoms with E-state index in [0.717, 1.165) is 110 Å². The number of carbonyl (C=O) groups is 4. The van der Waals surface area contributed by atoms with Crippen molar-refractivity contribution in [2.75, 3.05) is 59.3 Å². The number of carbonyl (C=O) groups excluding carboxylic acids is 4. The van der Waals surface area contributed by atoms with Gasteiger partial charge in [-0.1, -0.05) is 310 Å². The molecule has 145 heavy (non-hydrogen) atoms. The summed E-state index contributed by atoms with van der Waals surface area (Å²) in [4.78, 5) is 49.1. The molecule has 0 aliphatic carbocycles. The highest BCUT2D eigenvalue weighted by Crippen LogP contribution is 2.32. The molecule has 0 spiro atoms. The Morgan fingerprint density at radius 1 is 0.241 bits per heavy atom. The van der Waals surface area contributed by atoms with Crippen molar-refractivity contribution in [3.63, 3.8) is 0 Å². The van der Waals surface area contributed by atoms with Crippen molar-refractivity contribution in [1.29, 1.82) is 0 Å². The SMILES string of the molecule is C#CC#CC#CC#CC#CC#CC#CC#CC#CC#CC#CC#CC#CC#CC#CC#CC#CC#CC#CC#CC#CC#CC#C.CC(C)(C)CCC(C)(C)C.CC(C)(C)CCNC(=O)CC(C)(C)C.CC(C)(C)CCNC(=O)[C@@H](CC(=O)CC(C)(C)C)Cc1ccccc1.CC(C)(C)CCNC(=O)[C@H](Cc1ccccc1)C(C)(C)C.CC(C)(C)CCOCCC(C)(C)C.CC(C)(C)CCOCCOCCC(C)(C)C. The van der Waals surface area contributed by atoms with Gasteiger partial charge in [-0.05, 0) is 241 Å². The molecule has 0 radical (unpaired) electrons. The first kappa shape index (κ1) is 140. The fraction of sp³-hybridized carbons (Fsp3) is 0.541. The van der Waals surface area contributed by atoms with E-state index in [1.54, 1.807) is 0 Å². The molecule has 0 heterocycles. The number of hydrogen-bond acceptors (Lipinski definition) is 7. The third kappa shape index (κ3) is 123. The summed E-state index contributed by atoms with van der Waals surface area (Å²) >= 11 is 0. The molecule has 2 rings (SSSR count). The first-order chi connectivity index (χ1) is 67.2. The van der Waals surface area contributed by atoms with Gasteiger partial charge >= 0.3 is 0 Å². The monoisotopic (exact) mass is 1950 g/mol. The number of rotatable bonds is 28. The smallest absolute Gasteiger partial charge is 0.223 e. The summed E-state index contributed by atoms with van der Waals surface area (Å²) in [6.07, 6.45) is 22.8. The summed E-state index contributed by atoms with van der Waals surface area (Å²) in [6.45, 7) is 86.3. The van der Waals surface area contributed by atoms with Crippen LogP contribution in [0.5, 0.6) is 0 Å². The number of ketones is 1. The van der Waals surface area contributed by atoms with Gasteiger partial charge in [0.1, 0.15) is 5.78 Å². The van der Waals surface area contributed by atoms with Crippen molar-refractivity contribution in [2.45, 2.75) is 339 Å². The predicted octanol–water partition coefficient (Wildman–Crippen LogP) is 24.2. The molecule has 3 amide bonds. The third-order valence-corrected chi connectivity index (χ3v) is 18.5. The van der Waals surface area contributed by atoms with E-state index in [4.69, 9.17) is 27.1 Å². The molecule has 0 saturated carbocycles. The second kappa shape index (κ2) is 79.7. The lowest BCUT2D eigenvalue weighted by Crippen LogP contribution is -2.40. The van der Waals surface area contributed by atoms with Gasteiger partial charge in [-0.25, -0.2) is 0 Å². The summed E-state index contributed by atoms with van der Waals surface area (Å²) in [5.74, 6) is 108. The number of Topliss-reactive ketones (excluding diaryl/α,β-unsaturated/α-hetero) is 1. The Morgan fingerprint density at radius 3 is 0.662 bits per heavy atom. The molecule has 10 heteroatoms. The summed E-state index contributed by atoms with van der Waals surface area (Å²) in [7, 11) is 0. The Bertz CT molecular complexity index is 5610. The number of nitrogens with one attached hydrogen (secondary N) is 3. The van der Waals surface area contributed by atoms with Gasteiger partial charge in [0.25, 0.3) is 0 Å². The standard InChI is InChI=1S/C46H2.C22H35NO2.C19H31NO.C14H30O2.C12H25NO.C12H26O.C10H22/c1-3-5-7-9-11-13-15-17-19-21-23-25-27-29-31-33-35-37-39-41-43-45-46-44-42-40-38-36-34-32-30-28-26-24-22-20-18-16-14-12-10-8-6-4-2;1-21(2,3)12-13-23-20(25)18(14-17-10-8-7-9-11-17)15-19(24)16-22(4,5)6;1-18(2,3)12-13-20-17(21)16(19(4,5)6)14-15-10-8-7-9-11-15;1-13(2,3)7-9-15-11-12-16-10-8-14(4,5)6;1-11(2,3)7-8-13-10(14)9-12(4,5)6;1-11(2,3)7-9-13-10-8-12(4,5)6;1-9(2,3)7-8-10(4,5)6/h1-2H;7-11,18H,12-16H2,1-6H3,(H,23,25);7-11,16H,12-14H2,1-6H3,(H,20,21);7-12H2,1-6H3;7-9H2,1-6H3,(H,13,14);7-10H2,1-6H3;7-8H2,1-6H3/t;18-;16-;;;;/m.10..../s1. The molecule has 2 aromatic carbocycles. The van der Waals surface area contributed by atoms with Crippen molar-refractivity contribution in [2.24, 2.45) is 76.8 Å². The Balaban J connectivity index is -0.000000562. The van der Waals surface area contributed by atoms with E-state index >= 15 is 0 Å². The molecule has 2 aromatic rings. The summed E-state index contributed by atoms with van der Waals surface area (Å²) in [5.41, 5.74) is 5.63. The Morgan fingerprint density at radius 2 is 0.448 bits per heavy atom. The van der Waals surface area contributed by atoms with Crippen molar-refractivity contribution in [3.8, 4) is 273 Å². The molecule has 0 unspecified atom stereocenters. The number of benzene rings is 2. The van der Waals surface area contributed by atoms with Crippen LogP contribution in [0.1, 0.15) is 337 Å². The molecule has 0 bridgehead atoms. The van der Waals surface area contributed by atoms with Gasteiger partial charge < -0.3 is 30.2 Å². The van der Waals surface area contributed by atoms with E-state index < -0.39 is 0 Å². The number of terminal acetylenes is 2. The van der Waals surface area contributed by atoms with Crippen molar-refractivity contribution in [3.05, 3.63) is 71.8 Å². The van der Waals surface area contributed by atoms with Crippen LogP contribution in [-0.2, 0) is 46.2 Å².